The van der Waals surface area contributed by atoms with Crippen LogP contribution >= 0.6 is 11.3 Å². The lowest BCUT2D eigenvalue weighted by Crippen LogP contribution is -2.30. The SMILES string of the molecule is O=C(CNC(=O)c1ccccc1C(F)(F)F)c1cccs1. The molecular formula is C14H10F3NO2S. The summed E-state index contributed by atoms with van der Waals surface area (Å²) in [6, 6.07) is 7.72. The van der Waals surface area contributed by atoms with E-state index in [-0.39, 0.29) is 12.3 Å². The Morgan fingerprint density at radius 3 is 2.43 bits per heavy atom. The van der Waals surface area contributed by atoms with E-state index in [0.717, 1.165) is 12.1 Å². The van der Waals surface area contributed by atoms with E-state index in [9.17, 15) is 22.8 Å². The Bertz CT molecular complexity index is 650. The summed E-state index contributed by atoms with van der Waals surface area (Å²) in [7, 11) is 0. The monoisotopic (exact) mass is 313 g/mol. The van der Waals surface area contributed by atoms with Gasteiger partial charge >= 0.3 is 6.18 Å². The number of ketones is 1. The molecule has 0 unspecified atom stereocenters. The van der Waals surface area contributed by atoms with Crippen LogP contribution in [0.3, 0.4) is 0 Å². The summed E-state index contributed by atoms with van der Waals surface area (Å²) in [6.07, 6.45) is -4.62. The van der Waals surface area contributed by atoms with Crippen LogP contribution in [0.15, 0.2) is 41.8 Å². The van der Waals surface area contributed by atoms with E-state index in [1.807, 2.05) is 0 Å². The number of thiophene rings is 1. The highest BCUT2D eigenvalue weighted by Gasteiger charge is 2.34. The van der Waals surface area contributed by atoms with Gasteiger partial charge in [0.05, 0.1) is 22.5 Å². The summed E-state index contributed by atoms with van der Waals surface area (Å²) in [4.78, 5) is 24.0. The minimum atomic E-state index is -4.62. The molecule has 0 spiro atoms. The minimum absolute atomic E-state index is 0.342. The molecular weight excluding hydrogens is 303 g/mol. The van der Waals surface area contributed by atoms with E-state index >= 15 is 0 Å². The van der Waals surface area contributed by atoms with Crippen LogP contribution < -0.4 is 5.32 Å². The Morgan fingerprint density at radius 1 is 1.10 bits per heavy atom. The second kappa shape index (κ2) is 6.09. The van der Waals surface area contributed by atoms with Gasteiger partial charge in [-0.3, -0.25) is 9.59 Å². The number of amides is 1. The van der Waals surface area contributed by atoms with Crippen molar-refractivity contribution in [2.75, 3.05) is 6.54 Å². The number of carbonyl (C=O) groups is 2. The summed E-state index contributed by atoms with van der Waals surface area (Å²) in [5, 5.41) is 3.92. The molecule has 0 bridgehead atoms. The number of carbonyl (C=O) groups excluding carboxylic acids is 2. The van der Waals surface area contributed by atoms with Crippen LogP contribution in [-0.2, 0) is 6.18 Å². The molecule has 1 amide bonds. The molecule has 0 aliphatic rings. The van der Waals surface area contributed by atoms with Crippen LogP contribution in [0.1, 0.15) is 25.6 Å². The molecule has 1 heterocycles. The first-order chi connectivity index (χ1) is 9.89. The van der Waals surface area contributed by atoms with Gasteiger partial charge < -0.3 is 5.32 Å². The number of hydrogen-bond donors (Lipinski definition) is 1. The first-order valence-electron chi connectivity index (χ1n) is 5.90. The van der Waals surface area contributed by atoms with Gasteiger partial charge in [0.2, 0.25) is 0 Å². The highest BCUT2D eigenvalue weighted by molar-refractivity contribution is 7.12. The van der Waals surface area contributed by atoms with Gasteiger partial charge in [0, 0.05) is 0 Å². The smallest absolute Gasteiger partial charge is 0.345 e. The van der Waals surface area contributed by atoms with E-state index in [2.05, 4.69) is 5.32 Å². The number of nitrogens with one attached hydrogen (secondary N) is 1. The average Bonchev–Trinajstić information content (AvgIpc) is 2.97. The van der Waals surface area contributed by atoms with E-state index in [1.165, 1.54) is 23.5 Å². The summed E-state index contributed by atoms with van der Waals surface area (Å²) >= 11 is 1.21. The van der Waals surface area contributed by atoms with Crippen LogP contribution in [0.4, 0.5) is 13.2 Å². The van der Waals surface area contributed by atoms with Crippen molar-refractivity contribution in [1.82, 2.24) is 5.32 Å². The Kier molecular flexibility index (Phi) is 4.42. The summed E-state index contributed by atoms with van der Waals surface area (Å²) < 4.78 is 38.4. The predicted molar refractivity (Wildman–Crippen MR) is 72.4 cm³/mol. The molecule has 1 aromatic heterocycles. The highest BCUT2D eigenvalue weighted by atomic mass is 32.1. The molecule has 21 heavy (non-hydrogen) atoms. The van der Waals surface area contributed by atoms with E-state index in [4.69, 9.17) is 0 Å². The third kappa shape index (κ3) is 3.69. The molecule has 1 aromatic carbocycles. The maximum absolute atomic E-state index is 12.8. The largest absolute Gasteiger partial charge is 0.417 e. The van der Waals surface area contributed by atoms with Crippen LogP contribution in [0.2, 0.25) is 0 Å². The molecule has 7 heteroatoms. The minimum Gasteiger partial charge on any atom is -0.345 e. The number of rotatable bonds is 4. The number of benzene rings is 1. The van der Waals surface area contributed by atoms with Crippen molar-refractivity contribution in [2.45, 2.75) is 6.18 Å². The lowest BCUT2D eigenvalue weighted by atomic mass is 10.1. The molecule has 0 atom stereocenters. The second-order valence-corrected chi connectivity index (χ2v) is 5.07. The predicted octanol–water partition coefficient (Wildman–Crippen LogP) is 3.38. The molecule has 1 N–H and O–H groups in total. The van der Waals surface area contributed by atoms with Crippen molar-refractivity contribution in [1.29, 1.82) is 0 Å². The van der Waals surface area contributed by atoms with Crippen molar-refractivity contribution in [3.05, 3.63) is 57.8 Å². The fourth-order valence-corrected chi connectivity index (χ4v) is 2.37. The van der Waals surface area contributed by atoms with Gasteiger partial charge in [-0.25, -0.2) is 0 Å². The standard InChI is InChI=1S/C14H10F3NO2S/c15-14(16,17)10-5-2-1-4-9(10)13(20)18-8-11(19)12-6-3-7-21-12/h1-7H,8H2,(H,18,20). The van der Waals surface area contributed by atoms with Gasteiger partial charge in [0.25, 0.3) is 5.91 Å². The molecule has 0 radical (unpaired) electrons. The Hall–Kier alpha value is -2.15. The zero-order valence-corrected chi connectivity index (χ0v) is 11.4. The van der Waals surface area contributed by atoms with Crippen LogP contribution in [0.5, 0.6) is 0 Å². The molecule has 0 saturated heterocycles. The lowest BCUT2D eigenvalue weighted by molar-refractivity contribution is -0.137. The summed E-state index contributed by atoms with van der Waals surface area (Å²) in [5.74, 6) is -1.27. The normalized spacial score (nSPS) is 11.2. The maximum atomic E-state index is 12.8. The zero-order valence-electron chi connectivity index (χ0n) is 10.6. The average molecular weight is 313 g/mol. The molecule has 0 fully saturated rings. The van der Waals surface area contributed by atoms with E-state index in [0.29, 0.717) is 4.88 Å². The second-order valence-electron chi connectivity index (χ2n) is 4.13. The van der Waals surface area contributed by atoms with Crippen LogP contribution in [0, 0.1) is 0 Å². The van der Waals surface area contributed by atoms with Gasteiger partial charge in [-0.15, -0.1) is 11.3 Å². The molecule has 0 aliphatic carbocycles. The Morgan fingerprint density at radius 2 is 1.81 bits per heavy atom. The van der Waals surface area contributed by atoms with E-state index in [1.54, 1.807) is 17.5 Å². The molecule has 2 aromatic rings. The van der Waals surface area contributed by atoms with Crippen molar-refractivity contribution >= 4 is 23.0 Å². The zero-order chi connectivity index (χ0) is 15.5. The third-order valence-corrected chi connectivity index (χ3v) is 3.59. The fourth-order valence-electron chi connectivity index (χ4n) is 1.71. The van der Waals surface area contributed by atoms with Crippen LogP contribution in [-0.4, -0.2) is 18.2 Å². The third-order valence-electron chi connectivity index (χ3n) is 2.68. The first-order valence-corrected chi connectivity index (χ1v) is 6.78. The first kappa shape index (κ1) is 15.2. The van der Waals surface area contributed by atoms with Gasteiger partial charge in [-0.1, -0.05) is 18.2 Å². The number of alkyl halides is 3. The molecule has 110 valence electrons. The van der Waals surface area contributed by atoms with Crippen molar-refractivity contribution in [3.8, 4) is 0 Å². The van der Waals surface area contributed by atoms with Crippen molar-refractivity contribution < 1.29 is 22.8 Å². The highest BCUT2D eigenvalue weighted by Crippen LogP contribution is 2.31. The molecule has 0 saturated carbocycles. The van der Waals surface area contributed by atoms with Crippen molar-refractivity contribution in [3.63, 3.8) is 0 Å². The molecule has 3 nitrogen and oxygen atoms in total. The summed E-state index contributed by atoms with van der Waals surface area (Å²) in [5.41, 5.74) is -1.52. The van der Waals surface area contributed by atoms with Gasteiger partial charge in [-0.05, 0) is 23.6 Å². The van der Waals surface area contributed by atoms with Gasteiger partial charge in [0.1, 0.15) is 0 Å². The van der Waals surface area contributed by atoms with Gasteiger partial charge in [-0.2, -0.15) is 13.2 Å². The lowest BCUT2D eigenvalue weighted by Gasteiger charge is -2.12. The van der Waals surface area contributed by atoms with E-state index < -0.39 is 23.2 Å². The topological polar surface area (TPSA) is 46.2 Å². The number of hydrogen-bond acceptors (Lipinski definition) is 3. The molecule has 0 aliphatic heterocycles. The Balaban J connectivity index is 2.09. The van der Waals surface area contributed by atoms with Crippen molar-refractivity contribution in [2.24, 2.45) is 0 Å². The quantitative estimate of drug-likeness (QED) is 0.880. The maximum Gasteiger partial charge on any atom is 0.417 e. The molecule has 2 rings (SSSR count). The summed E-state index contributed by atoms with van der Waals surface area (Å²) in [6.45, 7) is -0.342. The number of Topliss-reactive ketones (excluding diaryl/α,β-unsaturated/α-hetero) is 1. The van der Waals surface area contributed by atoms with Gasteiger partial charge in [0.15, 0.2) is 5.78 Å². The number of halogens is 3. The Labute approximate surface area is 122 Å². The van der Waals surface area contributed by atoms with Crippen LogP contribution in [0.25, 0.3) is 0 Å². The fraction of sp³-hybridized carbons (Fsp3) is 0.143.